The number of nitrogens with one attached hydrogen (secondary N) is 2. The maximum atomic E-state index is 3.57. The van der Waals surface area contributed by atoms with Crippen molar-refractivity contribution in [1.82, 2.24) is 10.6 Å². The Labute approximate surface area is 89.7 Å². The summed E-state index contributed by atoms with van der Waals surface area (Å²) in [6.45, 7) is 4.53. The maximum absolute atomic E-state index is 3.57. The van der Waals surface area contributed by atoms with Crippen molar-refractivity contribution in [1.29, 1.82) is 0 Å². The molecule has 2 nitrogen and oxygen atoms in total. The first-order valence-corrected chi connectivity index (χ1v) is 6.24. The van der Waals surface area contributed by atoms with Gasteiger partial charge in [-0.15, -0.1) is 11.3 Å². The predicted molar refractivity (Wildman–Crippen MR) is 61.8 cm³/mol. The molecule has 2 rings (SSSR count). The Kier molecular flexibility index (Phi) is 3.56. The average molecular weight is 210 g/mol. The van der Waals surface area contributed by atoms with E-state index in [4.69, 9.17) is 0 Å². The van der Waals surface area contributed by atoms with E-state index < -0.39 is 0 Å². The Hall–Kier alpha value is -0.380. The molecule has 2 N–H and O–H groups in total. The molecule has 0 spiro atoms. The Bertz CT molecular complexity index is 252. The molecule has 1 aromatic heterocycles. The molecule has 0 saturated carbocycles. The molecule has 78 valence electrons. The van der Waals surface area contributed by atoms with Gasteiger partial charge in [0.2, 0.25) is 0 Å². The van der Waals surface area contributed by atoms with Gasteiger partial charge in [0.25, 0.3) is 0 Å². The first-order chi connectivity index (χ1) is 6.86. The predicted octanol–water partition coefficient (Wildman–Crippen LogP) is 2.15. The number of thiophene rings is 1. The third-order valence-corrected chi connectivity index (χ3v) is 3.86. The molecule has 2 heterocycles. The highest BCUT2D eigenvalue weighted by atomic mass is 32.1. The summed E-state index contributed by atoms with van der Waals surface area (Å²) in [5.41, 5.74) is 0. The standard InChI is InChI=1S/C11H18N2S/c1-9(11-5-3-7-14-11)13-8-10-4-2-6-12-10/h3,5,7,9-10,12-13H,2,4,6,8H2,1H3/t9-,10+/m1/s1. The zero-order valence-electron chi connectivity index (χ0n) is 8.62. The van der Waals surface area contributed by atoms with Gasteiger partial charge in [-0.25, -0.2) is 0 Å². The normalized spacial score (nSPS) is 23.9. The lowest BCUT2D eigenvalue weighted by Gasteiger charge is -2.16. The first kappa shape index (κ1) is 10.1. The molecule has 1 fully saturated rings. The Balaban J connectivity index is 1.74. The van der Waals surface area contributed by atoms with E-state index in [9.17, 15) is 0 Å². The van der Waals surface area contributed by atoms with E-state index >= 15 is 0 Å². The minimum atomic E-state index is 0.498. The summed E-state index contributed by atoms with van der Waals surface area (Å²) in [6.07, 6.45) is 2.66. The third-order valence-electron chi connectivity index (χ3n) is 2.80. The Morgan fingerprint density at radius 2 is 2.64 bits per heavy atom. The van der Waals surface area contributed by atoms with E-state index in [1.807, 2.05) is 11.3 Å². The molecule has 1 saturated heterocycles. The van der Waals surface area contributed by atoms with Gasteiger partial charge in [0.15, 0.2) is 0 Å². The zero-order chi connectivity index (χ0) is 9.80. The van der Waals surface area contributed by atoms with Crippen molar-refractivity contribution in [3.63, 3.8) is 0 Å². The van der Waals surface area contributed by atoms with E-state index in [0.717, 1.165) is 6.54 Å². The van der Waals surface area contributed by atoms with Crippen LogP contribution in [0.15, 0.2) is 17.5 Å². The van der Waals surface area contributed by atoms with E-state index in [2.05, 4.69) is 35.1 Å². The monoisotopic (exact) mass is 210 g/mol. The van der Waals surface area contributed by atoms with Gasteiger partial charge in [0, 0.05) is 23.5 Å². The molecule has 0 amide bonds. The van der Waals surface area contributed by atoms with Gasteiger partial charge >= 0.3 is 0 Å². The van der Waals surface area contributed by atoms with Crippen LogP contribution >= 0.6 is 11.3 Å². The van der Waals surface area contributed by atoms with Crippen molar-refractivity contribution in [3.05, 3.63) is 22.4 Å². The van der Waals surface area contributed by atoms with Crippen molar-refractivity contribution in [2.24, 2.45) is 0 Å². The minimum absolute atomic E-state index is 0.498. The van der Waals surface area contributed by atoms with Gasteiger partial charge in [0.05, 0.1) is 0 Å². The quantitative estimate of drug-likeness (QED) is 0.795. The molecule has 0 radical (unpaired) electrons. The van der Waals surface area contributed by atoms with Crippen LogP contribution in [-0.4, -0.2) is 19.1 Å². The van der Waals surface area contributed by atoms with Crippen molar-refractivity contribution in [2.75, 3.05) is 13.1 Å². The molecule has 14 heavy (non-hydrogen) atoms. The summed E-state index contributed by atoms with van der Waals surface area (Å²) in [5.74, 6) is 0. The maximum Gasteiger partial charge on any atom is 0.0386 e. The van der Waals surface area contributed by atoms with Crippen LogP contribution in [-0.2, 0) is 0 Å². The second kappa shape index (κ2) is 4.91. The molecule has 1 aromatic rings. The second-order valence-electron chi connectivity index (χ2n) is 3.94. The lowest BCUT2D eigenvalue weighted by molar-refractivity contribution is 0.493. The summed E-state index contributed by atoms with van der Waals surface area (Å²) in [4.78, 5) is 1.43. The fraction of sp³-hybridized carbons (Fsp3) is 0.636. The van der Waals surface area contributed by atoms with Crippen molar-refractivity contribution >= 4 is 11.3 Å². The van der Waals surface area contributed by atoms with E-state index in [-0.39, 0.29) is 0 Å². The second-order valence-corrected chi connectivity index (χ2v) is 4.92. The highest BCUT2D eigenvalue weighted by molar-refractivity contribution is 7.10. The molecule has 0 aromatic carbocycles. The highest BCUT2D eigenvalue weighted by Crippen LogP contribution is 2.18. The van der Waals surface area contributed by atoms with Crippen LogP contribution < -0.4 is 10.6 Å². The van der Waals surface area contributed by atoms with Crippen LogP contribution in [0.1, 0.15) is 30.7 Å². The topological polar surface area (TPSA) is 24.1 Å². The van der Waals surface area contributed by atoms with E-state index in [0.29, 0.717) is 12.1 Å². The van der Waals surface area contributed by atoms with Crippen molar-refractivity contribution in [2.45, 2.75) is 31.8 Å². The van der Waals surface area contributed by atoms with Gasteiger partial charge in [-0.05, 0) is 37.8 Å². The largest absolute Gasteiger partial charge is 0.313 e. The van der Waals surface area contributed by atoms with Crippen molar-refractivity contribution < 1.29 is 0 Å². The molecule has 0 bridgehead atoms. The van der Waals surface area contributed by atoms with E-state index in [1.165, 1.54) is 24.3 Å². The Morgan fingerprint density at radius 3 is 3.29 bits per heavy atom. The zero-order valence-corrected chi connectivity index (χ0v) is 9.44. The highest BCUT2D eigenvalue weighted by Gasteiger charge is 2.14. The summed E-state index contributed by atoms with van der Waals surface area (Å²) in [5, 5.41) is 9.21. The summed E-state index contributed by atoms with van der Waals surface area (Å²) in [6, 6.07) is 5.51. The fourth-order valence-corrected chi connectivity index (χ4v) is 2.65. The molecule has 1 aliphatic rings. The first-order valence-electron chi connectivity index (χ1n) is 5.36. The smallest absolute Gasteiger partial charge is 0.0386 e. The molecule has 0 aliphatic carbocycles. The summed E-state index contributed by atoms with van der Waals surface area (Å²) < 4.78 is 0. The van der Waals surface area contributed by atoms with Gasteiger partial charge < -0.3 is 10.6 Å². The van der Waals surface area contributed by atoms with Gasteiger partial charge in [-0.2, -0.15) is 0 Å². The summed E-state index contributed by atoms with van der Waals surface area (Å²) >= 11 is 1.83. The number of rotatable bonds is 4. The lowest BCUT2D eigenvalue weighted by Crippen LogP contribution is -2.34. The fourth-order valence-electron chi connectivity index (χ4n) is 1.89. The Morgan fingerprint density at radius 1 is 1.71 bits per heavy atom. The van der Waals surface area contributed by atoms with Crippen LogP contribution in [0.4, 0.5) is 0 Å². The van der Waals surface area contributed by atoms with Crippen LogP contribution in [0.3, 0.4) is 0 Å². The van der Waals surface area contributed by atoms with Crippen LogP contribution in [0.5, 0.6) is 0 Å². The van der Waals surface area contributed by atoms with Crippen LogP contribution in [0, 0.1) is 0 Å². The van der Waals surface area contributed by atoms with Crippen LogP contribution in [0.25, 0.3) is 0 Å². The molecule has 1 aliphatic heterocycles. The number of hydrogen-bond donors (Lipinski definition) is 2. The van der Waals surface area contributed by atoms with Crippen LogP contribution in [0.2, 0.25) is 0 Å². The average Bonchev–Trinajstić information content (AvgIpc) is 2.87. The number of hydrogen-bond acceptors (Lipinski definition) is 3. The van der Waals surface area contributed by atoms with Gasteiger partial charge in [-0.3, -0.25) is 0 Å². The lowest BCUT2D eigenvalue weighted by atomic mass is 10.2. The summed E-state index contributed by atoms with van der Waals surface area (Å²) in [7, 11) is 0. The minimum Gasteiger partial charge on any atom is -0.313 e. The van der Waals surface area contributed by atoms with Crippen molar-refractivity contribution in [3.8, 4) is 0 Å². The molecular weight excluding hydrogens is 192 g/mol. The molecule has 0 unspecified atom stereocenters. The van der Waals surface area contributed by atoms with Gasteiger partial charge in [0.1, 0.15) is 0 Å². The molecule has 3 heteroatoms. The SMILES string of the molecule is C[C@@H](NC[C@@H]1CCCN1)c1cccs1. The molecular formula is C11H18N2S. The third kappa shape index (κ3) is 2.56. The van der Waals surface area contributed by atoms with E-state index in [1.54, 1.807) is 0 Å². The molecule has 2 atom stereocenters. The van der Waals surface area contributed by atoms with Gasteiger partial charge in [-0.1, -0.05) is 6.07 Å².